The van der Waals surface area contributed by atoms with E-state index in [2.05, 4.69) is 86.5 Å². The molecule has 5 aromatic rings. The zero-order valence-electron chi connectivity index (χ0n) is 36.9. The first-order chi connectivity index (χ1) is 29.7. The van der Waals surface area contributed by atoms with E-state index in [1.807, 2.05) is 45.0 Å². The number of carbonyl (C=O) groups excluding carboxylic acids is 3. The molecule has 6 atom stereocenters. The van der Waals surface area contributed by atoms with E-state index in [4.69, 9.17) is 19.4 Å². The molecule has 2 saturated heterocycles. The van der Waals surface area contributed by atoms with Crippen LogP contribution in [0.25, 0.3) is 44.5 Å². The highest BCUT2D eigenvalue weighted by atomic mass is 16.5. The van der Waals surface area contributed by atoms with E-state index in [-0.39, 0.29) is 23.7 Å². The summed E-state index contributed by atoms with van der Waals surface area (Å²) < 4.78 is 10.1. The summed E-state index contributed by atoms with van der Waals surface area (Å²) in [6, 6.07) is 13.9. The number of aromatic amines is 3. The molecular formula is C48H59N9O5. The quantitative estimate of drug-likeness (QED) is 0.0750. The Balaban J connectivity index is 0.965. The molecule has 3 aromatic heterocycles. The average Bonchev–Trinajstić information content (AvgIpc) is 4.13. The van der Waals surface area contributed by atoms with Crippen molar-refractivity contribution in [3.05, 3.63) is 84.7 Å². The summed E-state index contributed by atoms with van der Waals surface area (Å²) in [6.07, 6.45) is 8.69. The van der Waals surface area contributed by atoms with Crippen LogP contribution < -0.4 is 10.6 Å². The molecule has 4 aliphatic rings. The fraction of sp³-hybridized carbons (Fsp3) is 0.479. The van der Waals surface area contributed by atoms with Crippen molar-refractivity contribution in [2.24, 2.45) is 23.7 Å². The number of hydrogen-bond donors (Lipinski definition) is 5. The topological polar surface area (TPSA) is 173 Å². The Morgan fingerprint density at radius 2 is 1.27 bits per heavy atom. The van der Waals surface area contributed by atoms with Crippen molar-refractivity contribution in [2.75, 3.05) is 27.3 Å². The largest absolute Gasteiger partial charge is 0.483 e. The van der Waals surface area contributed by atoms with Gasteiger partial charge in [-0.15, -0.1) is 0 Å². The van der Waals surface area contributed by atoms with Gasteiger partial charge in [0.2, 0.25) is 11.8 Å². The number of carbonyl (C=O) groups is 3. The van der Waals surface area contributed by atoms with Crippen LogP contribution in [-0.4, -0.2) is 92.0 Å². The molecule has 5 N–H and O–H groups in total. The van der Waals surface area contributed by atoms with E-state index in [1.165, 1.54) is 7.11 Å². The molecule has 14 nitrogen and oxygen atoms in total. The van der Waals surface area contributed by atoms with Gasteiger partial charge < -0.3 is 44.9 Å². The van der Waals surface area contributed by atoms with Crippen LogP contribution in [0.2, 0.25) is 0 Å². The molecule has 326 valence electrons. The van der Waals surface area contributed by atoms with Gasteiger partial charge in [-0.25, -0.2) is 14.8 Å². The number of imidazole rings is 2. The fourth-order valence-electron chi connectivity index (χ4n) is 11.0. The van der Waals surface area contributed by atoms with E-state index in [9.17, 15) is 14.4 Å². The zero-order chi connectivity index (χ0) is 43.7. The summed E-state index contributed by atoms with van der Waals surface area (Å²) in [4.78, 5) is 65.3. The smallest absolute Gasteiger partial charge is 0.407 e. The molecule has 9 rings (SSSR count). The maximum absolute atomic E-state index is 14.1. The summed E-state index contributed by atoms with van der Waals surface area (Å²) in [5, 5.41) is 7.08. The minimum absolute atomic E-state index is 0.0477. The van der Waals surface area contributed by atoms with Crippen molar-refractivity contribution in [3.63, 3.8) is 0 Å². The third-order valence-corrected chi connectivity index (χ3v) is 14.3. The highest BCUT2D eigenvalue weighted by Crippen LogP contribution is 2.54. The summed E-state index contributed by atoms with van der Waals surface area (Å²) in [6.45, 7) is 15.3. The van der Waals surface area contributed by atoms with Crippen LogP contribution in [0.1, 0.15) is 83.6 Å². The minimum atomic E-state index is -0.697. The van der Waals surface area contributed by atoms with E-state index < -0.39 is 29.3 Å². The number of alkyl carbamates (subject to hydrolysis) is 1. The Bertz CT molecular complexity index is 2540. The minimum Gasteiger partial charge on any atom is -0.483 e. The number of fused-ring (bicyclic) bond motifs is 5. The molecule has 2 aliphatic carbocycles. The van der Waals surface area contributed by atoms with Crippen molar-refractivity contribution in [1.29, 1.82) is 0 Å². The third kappa shape index (κ3) is 6.82. The molecule has 62 heavy (non-hydrogen) atoms. The van der Waals surface area contributed by atoms with Gasteiger partial charge in [-0.3, -0.25) is 9.59 Å². The van der Waals surface area contributed by atoms with Crippen molar-refractivity contribution in [3.8, 4) is 33.6 Å². The lowest BCUT2D eigenvalue weighted by molar-refractivity contribution is -0.141. The first-order valence-corrected chi connectivity index (χ1v) is 22.1. The van der Waals surface area contributed by atoms with Gasteiger partial charge in [0.05, 0.1) is 43.5 Å². The van der Waals surface area contributed by atoms with Crippen molar-refractivity contribution >= 4 is 28.8 Å². The molecule has 14 heteroatoms. The SMILES string of the molecule is C=C(N[C@H](C(=O)N1C[C@H]2CC[C@@]1(c1ncc(-c3ccc(-c4ccc(-c5cnc([C@@]67CC[C@H](CN6C(=O)[C@@H](NC(=O)OC)C(C)C)C7)[nH]5)c5[nH]c(C)cc45)cc3)[nH]1)C2)C(C)C)OC. The summed E-state index contributed by atoms with van der Waals surface area (Å²) >= 11 is 0. The number of rotatable bonds is 13. The summed E-state index contributed by atoms with van der Waals surface area (Å²) in [5.41, 5.74) is 7.02. The maximum atomic E-state index is 14.1. The number of hydrogen-bond acceptors (Lipinski definition) is 8. The lowest BCUT2D eigenvalue weighted by Crippen LogP contribution is -2.56. The molecule has 2 aliphatic heterocycles. The van der Waals surface area contributed by atoms with E-state index in [1.54, 1.807) is 7.11 Å². The number of aryl methyl sites for hydroxylation is 1. The van der Waals surface area contributed by atoms with Crippen LogP contribution in [0.15, 0.2) is 67.3 Å². The van der Waals surface area contributed by atoms with Crippen LogP contribution in [0, 0.1) is 30.6 Å². The van der Waals surface area contributed by atoms with Gasteiger partial charge in [0.15, 0.2) is 5.88 Å². The van der Waals surface area contributed by atoms with E-state index in [0.29, 0.717) is 24.3 Å². The van der Waals surface area contributed by atoms with Crippen LogP contribution in [0.5, 0.6) is 0 Å². The summed E-state index contributed by atoms with van der Waals surface area (Å²) in [5.74, 6) is 2.73. The van der Waals surface area contributed by atoms with Gasteiger partial charge in [-0.05, 0) is 98.5 Å². The first kappa shape index (κ1) is 41.3. The van der Waals surface area contributed by atoms with Gasteiger partial charge >= 0.3 is 6.09 Å². The van der Waals surface area contributed by atoms with Gasteiger partial charge in [0, 0.05) is 29.7 Å². The van der Waals surface area contributed by atoms with Gasteiger partial charge in [-0.2, -0.15) is 0 Å². The number of methoxy groups -OCH3 is 2. The second-order valence-electron chi connectivity index (χ2n) is 18.8. The molecule has 2 aromatic carbocycles. The predicted molar refractivity (Wildman–Crippen MR) is 237 cm³/mol. The monoisotopic (exact) mass is 841 g/mol. The second-order valence-corrected chi connectivity index (χ2v) is 18.8. The molecule has 3 amide bonds. The first-order valence-electron chi connectivity index (χ1n) is 22.1. The molecule has 0 spiro atoms. The Morgan fingerprint density at radius 1 is 0.742 bits per heavy atom. The highest BCUT2D eigenvalue weighted by molar-refractivity contribution is 6.03. The maximum Gasteiger partial charge on any atom is 0.407 e. The van der Waals surface area contributed by atoms with Crippen LogP contribution in [0.4, 0.5) is 4.79 Å². The number of nitrogens with zero attached hydrogens (tertiary/aromatic N) is 4. The molecular weight excluding hydrogens is 783 g/mol. The number of piperidine rings is 2. The average molecular weight is 842 g/mol. The van der Waals surface area contributed by atoms with Crippen LogP contribution >= 0.6 is 0 Å². The molecule has 4 fully saturated rings. The number of nitrogens with one attached hydrogen (secondary N) is 5. The third-order valence-electron chi connectivity index (χ3n) is 14.3. The molecule has 5 heterocycles. The number of likely N-dealkylation sites (tertiary alicyclic amines) is 2. The normalized spacial score (nSPS) is 23.7. The predicted octanol–water partition coefficient (Wildman–Crippen LogP) is 7.71. The van der Waals surface area contributed by atoms with Crippen molar-refractivity contribution < 1.29 is 23.9 Å². The Hall–Kier alpha value is -6.05. The molecule has 0 radical (unpaired) electrons. The number of H-pyrrole nitrogens is 3. The molecule has 2 saturated carbocycles. The van der Waals surface area contributed by atoms with Crippen molar-refractivity contribution in [1.82, 2.24) is 45.4 Å². The zero-order valence-corrected chi connectivity index (χ0v) is 36.9. The molecule has 4 bridgehead atoms. The fourth-order valence-corrected chi connectivity index (χ4v) is 11.0. The number of aromatic nitrogens is 5. The lowest BCUT2D eigenvalue weighted by atomic mass is 9.93. The number of amides is 3. The Morgan fingerprint density at radius 3 is 1.82 bits per heavy atom. The summed E-state index contributed by atoms with van der Waals surface area (Å²) in [7, 11) is 2.87. The Kier molecular flexibility index (Phi) is 10.5. The standard InChI is InChI=1S/C48H59N9O5/c1-26(2)39(52-29(6)61-7)42(58)56-24-30-15-17-47(56,20-30)44-49-22-37(53-44)33-11-9-32(10-12-33)34-13-14-35(41-36(34)19-28(5)51-41)38-23-50-45(54-38)48-18-16-31(21-48)25-57(48)43(59)40(27(3)4)55-46(60)62-8/h9-14,19,22-23,26-27,30-31,39-40,51-52H,6,15-18,20-21,24-25H2,1-5,7-8H3,(H,49,53)(H,50,54)(H,55,60)/t30-,31-,39-,40-,47-,48-/m0/s1. The van der Waals surface area contributed by atoms with Crippen LogP contribution in [0.3, 0.4) is 0 Å². The Labute approximate surface area is 362 Å². The van der Waals surface area contributed by atoms with E-state index in [0.717, 1.165) is 107 Å². The van der Waals surface area contributed by atoms with Crippen LogP contribution in [-0.2, 0) is 30.1 Å². The lowest BCUT2D eigenvalue weighted by Gasteiger charge is -2.40. The highest BCUT2D eigenvalue weighted by Gasteiger charge is 2.57. The number of ether oxygens (including phenoxy) is 2. The van der Waals surface area contributed by atoms with E-state index >= 15 is 0 Å². The van der Waals surface area contributed by atoms with Gasteiger partial charge in [0.25, 0.3) is 0 Å². The molecule has 0 unspecified atom stereocenters. The van der Waals surface area contributed by atoms with Gasteiger partial charge in [0.1, 0.15) is 34.8 Å². The van der Waals surface area contributed by atoms with Gasteiger partial charge in [-0.1, -0.05) is 64.1 Å². The second kappa shape index (κ2) is 15.7. The van der Waals surface area contributed by atoms with Crippen molar-refractivity contribution in [2.45, 2.75) is 96.3 Å². The number of benzene rings is 2.